The van der Waals surface area contributed by atoms with Crippen LogP contribution in [0.15, 0.2) is 67.0 Å². The molecule has 1 atom stereocenters. The summed E-state index contributed by atoms with van der Waals surface area (Å²) in [6, 6.07) is 14.8. The monoisotopic (exact) mass is 379 g/mol. The Labute approximate surface area is 162 Å². The maximum absolute atomic E-state index is 12.4. The molecule has 3 rings (SSSR count). The topological polar surface area (TPSA) is 97.3 Å². The van der Waals surface area contributed by atoms with E-state index in [9.17, 15) is 9.59 Å². The molecule has 0 saturated heterocycles. The first kappa shape index (κ1) is 19.0. The predicted molar refractivity (Wildman–Crippen MR) is 104 cm³/mol. The zero-order valence-electron chi connectivity index (χ0n) is 15.5. The number of nitrogens with zero attached hydrogens (tertiary/aromatic N) is 2. The van der Waals surface area contributed by atoms with Crippen LogP contribution in [0.3, 0.4) is 0 Å². The number of ether oxygens (including phenoxy) is 1. The van der Waals surface area contributed by atoms with Gasteiger partial charge in [0.05, 0.1) is 7.11 Å². The average molecular weight is 379 g/mol. The number of hydrazine groups is 1. The molecule has 0 aliphatic heterocycles. The number of urea groups is 1. The van der Waals surface area contributed by atoms with Crippen LogP contribution in [-0.4, -0.2) is 28.6 Å². The first-order valence-corrected chi connectivity index (χ1v) is 8.61. The molecule has 144 valence electrons. The summed E-state index contributed by atoms with van der Waals surface area (Å²) in [6.07, 6.45) is 3.44. The third-order valence-corrected chi connectivity index (χ3v) is 4.14. The van der Waals surface area contributed by atoms with Crippen LogP contribution in [0.25, 0.3) is 0 Å². The molecule has 3 N–H and O–H groups in total. The average Bonchev–Trinajstić information content (AvgIpc) is 3.16. The molecule has 3 amide bonds. The molecular formula is C20H21N5O3. The number of carbonyl (C=O) groups excluding carboxylic acids is 2. The lowest BCUT2D eigenvalue weighted by molar-refractivity contribution is 0.0936. The number of aromatic nitrogens is 2. The summed E-state index contributed by atoms with van der Waals surface area (Å²) in [5.41, 5.74) is 5.99. The van der Waals surface area contributed by atoms with Gasteiger partial charge in [-0.2, -0.15) is 0 Å². The second-order valence-electron chi connectivity index (χ2n) is 6.02. The zero-order valence-corrected chi connectivity index (χ0v) is 15.5. The van der Waals surface area contributed by atoms with Crippen molar-refractivity contribution in [2.75, 3.05) is 7.11 Å². The number of methoxy groups -OCH3 is 1. The lowest BCUT2D eigenvalue weighted by atomic mass is 10.1. The number of imidazole rings is 1. The maximum atomic E-state index is 12.4. The second kappa shape index (κ2) is 8.72. The van der Waals surface area contributed by atoms with E-state index in [4.69, 9.17) is 4.74 Å². The van der Waals surface area contributed by atoms with Gasteiger partial charge in [-0.25, -0.2) is 15.2 Å². The van der Waals surface area contributed by atoms with E-state index in [1.54, 1.807) is 43.8 Å². The zero-order chi connectivity index (χ0) is 19.9. The van der Waals surface area contributed by atoms with E-state index >= 15 is 0 Å². The molecule has 0 unspecified atom stereocenters. The highest BCUT2D eigenvalue weighted by molar-refractivity contribution is 5.95. The van der Waals surface area contributed by atoms with Crippen LogP contribution in [0.4, 0.5) is 4.79 Å². The van der Waals surface area contributed by atoms with Gasteiger partial charge >= 0.3 is 6.03 Å². The van der Waals surface area contributed by atoms with Crippen LogP contribution in [0.2, 0.25) is 0 Å². The van der Waals surface area contributed by atoms with Crippen LogP contribution in [0, 0.1) is 0 Å². The minimum atomic E-state index is -0.569. The van der Waals surface area contributed by atoms with Gasteiger partial charge in [0.1, 0.15) is 17.6 Å². The minimum Gasteiger partial charge on any atom is -0.497 e. The maximum Gasteiger partial charge on any atom is 0.334 e. The standard InChI is InChI=1S/C20H21N5O3/c1-25-12-11-21-18(25)17(15-9-6-10-16(13-15)28-2)22-20(27)24-23-19(26)14-7-4-3-5-8-14/h3-13,17H,1-2H3,(H,23,26)(H2,22,24,27)/t17-/m0/s1. The van der Waals surface area contributed by atoms with Crippen molar-refractivity contribution < 1.29 is 14.3 Å². The molecule has 8 heteroatoms. The van der Waals surface area contributed by atoms with Crippen LogP contribution >= 0.6 is 0 Å². The van der Waals surface area contributed by atoms with Crippen molar-refractivity contribution in [3.05, 3.63) is 83.9 Å². The number of amides is 3. The molecule has 1 aromatic heterocycles. The smallest absolute Gasteiger partial charge is 0.334 e. The van der Waals surface area contributed by atoms with E-state index in [-0.39, 0.29) is 0 Å². The van der Waals surface area contributed by atoms with Crippen LogP contribution < -0.4 is 20.9 Å². The molecule has 28 heavy (non-hydrogen) atoms. The number of rotatable bonds is 5. The second-order valence-corrected chi connectivity index (χ2v) is 6.02. The molecule has 0 spiro atoms. The molecule has 2 aromatic carbocycles. The van der Waals surface area contributed by atoms with Gasteiger partial charge in [0.25, 0.3) is 5.91 Å². The fraction of sp³-hybridized carbons (Fsp3) is 0.150. The van der Waals surface area contributed by atoms with Gasteiger partial charge in [-0.3, -0.25) is 10.2 Å². The van der Waals surface area contributed by atoms with Crippen LogP contribution in [0.1, 0.15) is 27.8 Å². The van der Waals surface area contributed by atoms with Gasteiger partial charge in [0, 0.05) is 25.0 Å². The Hall–Kier alpha value is -3.81. The quantitative estimate of drug-likeness (QED) is 0.592. The Morgan fingerprint density at radius 1 is 1.07 bits per heavy atom. The van der Waals surface area contributed by atoms with Crippen molar-refractivity contribution in [2.45, 2.75) is 6.04 Å². The lowest BCUT2D eigenvalue weighted by Gasteiger charge is -2.20. The summed E-state index contributed by atoms with van der Waals surface area (Å²) in [4.78, 5) is 28.8. The predicted octanol–water partition coefficient (Wildman–Crippen LogP) is 2.16. The summed E-state index contributed by atoms with van der Waals surface area (Å²) in [5, 5.41) is 2.83. The van der Waals surface area contributed by atoms with Gasteiger partial charge in [-0.15, -0.1) is 0 Å². The van der Waals surface area contributed by atoms with E-state index in [2.05, 4.69) is 21.2 Å². The van der Waals surface area contributed by atoms with Gasteiger partial charge in [-0.1, -0.05) is 30.3 Å². The van der Waals surface area contributed by atoms with E-state index in [0.29, 0.717) is 17.1 Å². The van der Waals surface area contributed by atoms with Crippen molar-refractivity contribution in [3.63, 3.8) is 0 Å². The fourth-order valence-corrected chi connectivity index (χ4v) is 2.72. The van der Waals surface area contributed by atoms with E-state index < -0.39 is 18.0 Å². The Morgan fingerprint density at radius 3 is 2.54 bits per heavy atom. The van der Waals surface area contributed by atoms with Crippen molar-refractivity contribution in [3.8, 4) is 5.75 Å². The Kier molecular flexibility index (Phi) is 5.91. The van der Waals surface area contributed by atoms with E-state index in [0.717, 1.165) is 5.56 Å². The molecule has 0 bridgehead atoms. The summed E-state index contributed by atoms with van der Waals surface area (Å²) < 4.78 is 7.09. The van der Waals surface area contributed by atoms with E-state index in [1.807, 2.05) is 41.9 Å². The van der Waals surface area contributed by atoms with Crippen molar-refractivity contribution >= 4 is 11.9 Å². The molecule has 8 nitrogen and oxygen atoms in total. The number of benzene rings is 2. The van der Waals surface area contributed by atoms with Crippen LogP contribution in [-0.2, 0) is 7.05 Å². The van der Waals surface area contributed by atoms with Crippen LogP contribution in [0.5, 0.6) is 5.75 Å². The first-order chi connectivity index (χ1) is 13.6. The number of aryl methyl sites for hydroxylation is 1. The lowest BCUT2D eigenvalue weighted by Crippen LogP contribution is -2.48. The molecule has 0 aliphatic rings. The normalized spacial score (nSPS) is 11.4. The minimum absolute atomic E-state index is 0.411. The Morgan fingerprint density at radius 2 is 1.86 bits per heavy atom. The molecule has 3 aromatic rings. The number of hydrogen-bond donors (Lipinski definition) is 3. The number of nitrogens with one attached hydrogen (secondary N) is 3. The largest absolute Gasteiger partial charge is 0.497 e. The molecule has 0 fully saturated rings. The fourth-order valence-electron chi connectivity index (χ4n) is 2.72. The third-order valence-electron chi connectivity index (χ3n) is 4.14. The van der Waals surface area contributed by atoms with Gasteiger partial charge in [0.15, 0.2) is 0 Å². The first-order valence-electron chi connectivity index (χ1n) is 8.61. The highest BCUT2D eigenvalue weighted by Gasteiger charge is 2.21. The van der Waals surface area contributed by atoms with Crippen molar-refractivity contribution in [1.82, 2.24) is 25.7 Å². The van der Waals surface area contributed by atoms with E-state index in [1.165, 1.54) is 0 Å². The summed E-state index contributed by atoms with van der Waals surface area (Å²) in [5.74, 6) is 0.889. The van der Waals surface area contributed by atoms with Crippen molar-refractivity contribution in [2.24, 2.45) is 7.05 Å². The molecule has 0 saturated carbocycles. The van der Waals surface area contributed by atoms with Crippen molar-refractivity contribution in [1.29, 1.82) is 0 Å². The SMILES string of the molecule is COc1cccc([C@H](NC(=O)NNC(=O)c2ccccc2)c2nccn2C)c1. The molecular weight excluding hydrogens is 358 g/mol. The Bertz CT molecular complexity index is 955. The van der Waals surface area contributed by atoms with Gasteiger partial charge < -0.3 is 14.6 Å². The number of hydrogen-bond acceptors (Lipinski definition) is 4. The highest BCUT2D eigenvalue weighted by Crippen LogP contribution is 2.24. The summed E-state index contributed by atoms with van der Waals surface area (Å²) in [6.45, 7) is 0. The molecule has 1 heterocycles. The summed E-state index contributed by atoms with van der Waals surface area (Å²) >= 11 is 0. The van der Waals surface area contributed by atoms with Gasteiger partial charge in [0.2, 0.25) is 0 Å². The summed E-state index contributed by atoms with van der Waals surface area (Å²) in [7, 11) is 3.42. The Balaban J connectivity index is 1.73. The third kappa shape index (κ3) is 4.47. The molecule has 0 aliphatic carbocycles. The number of carbonyl (C=O) groups is 2. The highest BCUT2D eigenvalue weighted by atomic mass is 16.5. The molecule has 0 radical (unpaired) electrons. The van der Waals surface area contributed by atoms with Gasteiger partial charge in [-0.05, 0) is 29.8 Å².